The average Bonchev–Trinajstić information content (AvgIpc) is 2.82. The van der Waals surface area contributed by atoms with Crippen molar-refractivity contribution in [1.29, 1.82) is 0 Å². The van der Waals surface area contributed by atoms with E-state index in [1.165, 1.54) is 0 Å². The third kappa shape index (κ3) is 7.26. The number of amides is 1. The molecule has 0 radical (unpaired) electrons. The smallest absolute Gasteiger partial charge is 0.325 e. The molecule has 178 valence electrons. The minimum absolute atomic E-state index is 0.0187. The van der Waals surface area contributed by atoms with Crippen LogP contribution >= 0.6 is 0 Å². The Balaban J connectivity index is 1.57. The van der Waals surface area contributed by atoms with Gasteiger partial charge in [0.2, 0.25) is 10.0 Å². The van der Waals surface area contributed by atoms with E-state index < -0.39 is 22.0 Å². The third-order valence-electron chi connectivity index (χ3n) is 5.17. The van der Waals surface area contributed by atoms with E-state index in [1.54, 1.807) is 42.5 Å². The van der Waals surface area contributed by atoms with Gasteiger partial charge in [-0.2, -0.15) is 0 Å². The van der Waals surface area contributed by atoms with E-state index in [0.29, 0.717) is 5.56 Å². The first-order chi connectivity index (χ1) is 16.2. The van der Waals surface area contributed by atoms with Gasteiger partial charge in [0.05, 0.1) is 17.5 Å². The van der Waals surface area contributed by atoms with Gasteiger partial charge in [0.1, 0.15) is 6.54 Å². The van der Waals surface area contributed by atoms with Crippen LogP contribution in [0.15, 0.2) is 83.8 Å². The minimum atomic E-state index is -3.78. The van der Waals surface area contributed by atoms with Crippen LogP contribution < -0.4 is 10.0 Å². The zero-order valence-corrected chi connectivity index (χ0v) is 20.0. The molecule has 1 amide bonds. The predicted octanol–water partition coefficient (Wildman–Crippen LogP) is 3.69. The summed E-state index contributed by atoms with van der Waals surface area (Å²) in [7, 11) is -3.78. The summed E-state index contributed by atoms with van der Waals surface area (Å²) < 4.78 is 33.7. The maximum Gasteiger partial charge on any atom is 0.325 e. The highest BCUT2D eigenvalue weighted by molar-refractivity contribution is 7.89. The number of esters is 1. The van der Waals surface area contributed by atoms with Crippen LogP contribution in [-0.4, -0.2) is 33.4 Å². The SMILES string of the molecule is Cc1ccc(S(=O)(=O)NC(CCOC(=O)CNC(=O)c2cccc(C)c2)c2ccccc2)cc1. The first-order valence-corrected chi connectivity index (χ1v) is 12.4. The molecule has 7 nitrogen and oxygen atoms in total. The summed E-state index contributed by atoms with van der Waals surface area (Å²) in [4.78, 5) is 24.5. The molecule has 0 heterocycles. The van der Waals surface area contributed by atoms with Crippen molar-refractivity contribution < 1.29 is 22.7 Å². The van der Waals surface area contributed by atoms with Crippen molar-refractivity contribution in [3.05, 3.63) is 101 Å². The second-order valence-corrected chi connectivity index (χ2v) is 9.67. The molecule has 0 aliphatic carbocycles. The van der Waals surface area contributed by atoms with E-state index in [0.717, 1.165) is 16.7 Å². The normalized spacial score (nSPS) is 12.1. The molecule has 3 aromatic rings. The second-order valence-electron chi connectivity index (χ2n) is 7.96. The van der Waals surface area contributed by atoms with E-state index in [-0.39, 0.29) is 30.4 Å². The van der Waals surface area contributed by atoms with Crippen LogP contribution in [0.1, 0.15) is 39.5 Å². The van der Waals surface area contributed by atoms with Crippen LogP contribution in [0, 0.1) is 13.8 Å². The minimum Gasteiger partial charge on any atom is -0.464 e. The van der Waals surface area contributed by atoms with Crippen LogP contribution in [0.2, 0.25) is 0 Å². The first-order valence-electron chi connectivity index (χ1n) is 10.9. The van der Waals surface area contributed by atoms with Gasteiger partial charge >= 0.3 is 5.97 Å². The molecule has 34 heavy (non-hydrogen) atoms. The van der Waals surface area contributed by atoms with Crippen LogP contribution in [0.3, 0.4) is 0 Å². The molecule has 0 aromatic heterocycles. The summed E-state index contributed by atoms with van der Waals surface area (Å²) in [6, 6.07) is 22.1. The zero-order valence-electron chi connectivity index (χ0n) is 19.2. The Morgan fingerprint density at radius 1 is 0.882 bits per heavy atom. The number of hydrogen-bond acceptors (Lipinski definition) is 5. The second kappa shape index (κ2) is 11.6. The van der Waals surface area contributed by atoms with E-state index in [1.807, 2.05) is 50.2 Å². The lowest BCUT2D eigenvalue weighted by molar-refractivity contribution is -0.142. The molecule has 0 spiro atoms. The predicted molar refractivity (Wildman–Crippen MR) is 130 cm³/mol. The average molecular weight is 481 g/mol. The lowest BCUT2D eigenvalue weighted by Crippen LogP contribution is -2.32. The van der Waals surface area contributed by atoms with Gasteiger partial charge in [0.25, 0.3) is 5.91 Å². The highest BCUT2D eigenvalue weighted by atomic mass is 32.2. The third-order valence-corrected chi connectivity index (χ3v) is 6.66. The number of benzene rings is 3. The Labute approximate surface area is 200 Å². The number of aryl methyl sites for hydroxylation is 2. The van der Waals surface area contributed by atoms with Gasteiger partial charge in [0, 0.05) is 12.0 Å². The monoisotopic (exact) mass is 480 g/mol. The van der Waals surface area contributed by atoms with Crippen LogP contribution in [0.5, 0.6) is 0 Å². The number of carbonyl (C=O) groups is 2. The van der Waals surface area contributed by atoms with Crippen molar-refractivity contribution >= 4 is 21.9 Å². The quantitative estimate of drug-likeness (QED) is 0.431. The molecule has 3 rings (SSSR count). The van der Waals surface area contributed by atoms with Gasteiger partial charge in [-0.1, -0.05) is 65.7 Å². The van der Waals surface area contributed by atoms with Gasteiger partial charge in [-0.15, -0.1) is 0 Å². The van der Waals surface area contributed by atoms with Gasteiger partial charge in [-0.25, -0.2) is 13.1 Å². The maximum atomic E-state index is 12.9. The fourth-order valence-corrected chi connectivity index (χ4v) is 4.59. The van der Waals surface area contributed by atoms with Crippen LogP contribution in [0.4, 0.5) is 0 Å². The number of rotatable bonds is 10. The highest BCUT2D eigenvalue weighted by Crippen LogP contribution is 2.21. The molecule has 0 aliphatic rings. The lowest BCUT2D eigenvalue weighted by Gasteiger charge is -2.19. The van der Waals surface area contributed by atoms with Crippen molar-refractivity contribution in [3.8, 4) is 0 Å². The summed E-state index contributed by atoms with van der Waals surface area (Å²) in [6.45, 7) is 3.46. The molecule has 0 saturated carbocycles. The van der Waals surface area contributed by atoms with Gasteiger partial charge in [-0.05, 0) is 43.7 Å². The Hall–Kier alpha value is -3.49. The Morgan fingerprint density at radius 3 is 2.26 bits per heavy atom. The summed E-state index contributed by atoms with van der Waals surface area (Å²) in [6.07, 6.45) is 0.229. The van der Waals surface area contributed by atoms with Crippen LogP contribution in [0.25, 0.3) is 0 Å². The lowest BCUT2D eigenvalue weighted by atomic mass is 10.1. The largest absolute Gasteiger partial charge is 0.464 e. The van der Waals surface area contributed by atoms with Crippen molar-refractivity contribution in [2.24, 2.45) is 0 Å². The molecule has 8 heteroatoms. The topological polar surface area (TPSA) is 102 Å². The fourth-order valence-electron chi connectivity index (χ4n) is 3.33. The van der Waals surface area contributed by atoms with Crippen LogP contribution in [-0.2, 0) is 19.6 Å². The van der Waals surface area contributed by atoms with Crippen molar-refractivity contribution in [3.63, 3.8) is 0 Å². The molecular formula is C26H28N2O5S. The van der Waals surface area contributed by atoms with E-state index in [2.05, 4.69) is 10.0 Å². The fraction of sp³-hybridized carbons (Fsp3) is 0.231. The number of hydrogen-bond donors (Lipinski definition) is 2. The van der Waals surface area contributed by atoms with Gasteiger partial charge in [0.15, 0.2) is 0 Å². The number of nitrogens with one attached hydrogen (secondary N) is 2. The molecular weight excluding hydrogens is 452 g/mol. The molecule has 0 bridgehead atoms. The number of carbonyl (C=O) groups excluding carboxylic acids is 2. The molecule has 0 aliphatic heterocycles. The molecule has 1 atom stereocenters. The van der Waals surface area contributed by atoms with Crippen molar-refractivity contribution in [2.45, 2.75) is 31.2 Å². The Morgan fingerprint density at radius 2 is 1.59 bits per heavy atom. The molecule has 1 unspecified atom stereocenters. The molecule has 2 N–H and O–H groups in total. The van der Waals surface area contributed by atoms with Crippen molar-refractivity contribution in [2.75, 3.05) is 13.2 Å². The molecule has 3 aromatic carbocycles. The van der Waals surface area contributed by atoms with E-state index >= 15 is 0 Å². The summed E-state index contributed by atoms with van der Waals surface area (Å²) in [5.41, 5.74) is 3.11. The Kier molecular flexibility index (Phi) is 8.56. The van der Waals surface area contributed by atoms with Gasteiger partial charge in [-0.3, -0.25) is 9.59 Å². The highest BCUT2D eigenvalue weighted by Gasteiger charge is 2.22. The van der Waals surface area contributed by atoms with Gasteiger partial charge < -0.3 is 10.1 Å². The summed E-state index contributed by atoms with van der Waals surface area (Å²) in [5, 5.41) is 2.54. The van der Waals surface area contributed by atoms with E-state index in [4.69, 9.17) is 4.74 Å². The number of sulfonamides is 1. The molecule has 0 fully saturated rings. The standard InChI is InChI=1S/C26H28N2O5S/c1-19-11-13-23(14-12-19)34(31,32)28-24(21-8-4-3-5-9-21)15-16-33-25(29)18-27-26(30)22-10-6-7-20(2)17-22/h3-14,17,24,28H,15-16,18H2,1-2H3,(H,27,30). The Bertz CT molecular complexity index is 1230. The number of ether oxygens (including phenoxy) is 1. The molecule has 0 saturated heterocycles. The maximum absolute atomic E-state index is 12.9. The zero-order chi connectivity index (χ0) is 24.6. The van der Waals surface area contributed by atoms with E-state index in [9.17, 15) is 18.0 Å². The summed E-state index contributed by atoms with van der Waals surface area (Å²) >= 11 is 0. The van der Waals surface area contributed by atoms with Crippen molar-refractivity contribution in [1.82, 2.24) is 10.0 Å². The first kappa shape index (κ1) is 25.1. The summed E-state index contributed by atoms with van der Waals surface area (Å²) in [5.74, 6) is -0.970.